The van der Waals surface area contributed by atoms with Crippen molar-refractivity contribution in [2.45, 2.75) is 0 Å². The van der Waals surface area contributed by atoms with Gasteiger partial charge in [-0.1, -0.05) is 30.3 Å². The van der Waals surface area contributed by atoms with Crippen molar-refractivity contribution in [3.63, 3.8) is 0 Å². The highest BCUT2D eigenvalue weighted by molar-refractivity contribution is 5.94. The van der Waals surface area contributed by atoms with Crippen LogP contribution in [0.15, 0.2) is 30.3 Å². The molecular formula is C8H10N2O3. The van der Waals surface area contributed by atoms with Gasteiger partial charge in [0.25, 0.3) is 0 Å². The van der Waals surface area contributed by atoms with E-state index in [0.717, 1.165) is 5.56 Å². The fourth-order valence-electron chi connectivity index (χ4n) is 0.618. The first kappa shape index (κ1) is 11.0. The Morgan fingerprint density at radius 2 is 1.62 bits per heavy atom. The molecule has 0 heterocycles. The van der Waals surface area contributed by atoms with Crippen molar-refractivity contribution in [1.82, 2.24) is 0 Å². The molecule has 0 atom stereocenters. The third-order valence-corrected chi connectivity index (χ3v) is 1.08. The maximum Gasteiger partial charge on any atom is 0.503 e. The first-order valence-electron chi connectivity index (χ1n) is 3.35. The van der Waals surface area contributed by atoms with Crippen molar-refractivity contribution in [3.05, 3.63) is 35.9 Å². The smallest absolute Gasteiger partial charge is 0.450 e. The topological polar surface area (TPSA) is 107 Å². The minimum absolute atomic E-state index is 0.121. The normalized spacial score (nSPS) is 8.00. The average Bonchev–Trinajstić information content (AvgIpc) is 2.05. The quantitative estimate of drug-likeness (QED) is 0.386. The summed E-state index contributed by atoms with van der Waals surface area (Å²) in [6.45, 7) is 0. The van der Waals surface area contributed by atoms with Gasteiger partial charge in [0.1, 0.15) is 5.84 Å². The molecule has 0 bridgehead atoms. The van der Waals surface area contributed by atoms with Gasteiger partial charge in [-0.05, 0) is 0 Å². The van der Waals surface area contributed by atoms with E-state index in [1.807, 2.05) is 30.3 Å². The fraction of sp³-hybridized carbons (Fsp3) is 0. The largest absolute Gasteiger partial charge is 0.503 e. The van der Waals surface area contributed by atoms with Crippen LogP contribution in [0, 0.1) is 5.41 Å². The molecule has 5 heteroatoms. The number of carbonyl (C=O) groups is 1. The molecule has 0 unspecified atom stereocenters. The average molecular weight is 182 g/mol. The highest BCUT2D eigenvalue weighted by Gasteiger charge is 1.89. The van der Waals surface area contributed by atoms with E-state index in [9.17, 15) is 0 Å². The van der Waals surface area contributed by atoms with Crippen molar-refractivity contribution < 1.29 is 15.0 Å². The van der Waals surface area contributed by atoms with Crippen LogP contribution in [0.1, 0.15) is 5.56 Å². The van der Waals surface area contributed by atoms with Crippen LogP contribution in [0.3, 0.4) is 0 Å². The molecule has 0 aliphatic rings. The zero-order valence-electron chi connectivity index (χ0n) is 6.77. The molecule has 1 aromatic carbocycles. The third-order valence-electron chi connectivity index (χ3n) is 1.08. The van der Waals surface area contributed by atoms with Crippen molar-refractivity contribution >= 4 is 12.0 Å². The maximum absolute atomic E-state index is 8.56. The second-order valence-electron chi connectivity index (χ2n) is 2.06. The van der Waals surface area contributed by atoms with E-state index in [0.29, 0.717) is 0 Å². The van der Waals surface area contributed by atoms with Crippen LogP contribution in [0.5, 0.6) is 0 Å². The number of rotatable bonds is 1. The molecule has 5 nitrogen and oxygen atoms in total. The monoisotopic (exact) mass is 182 g/mol. The molecule has 1 rings (SSSR count). The summed E-state index contributed by atoms with van der Waals surface area (Å²) in [7, 11) is 0. The van der Waals surface area contributed by atoms with Gasteiger partial charge in [-0.25, -0.2) is 4.79 Å². The van der Waals surface area contributed by atoms with E-state index >= 15 is 0 Å². The SMILES string of the molecule is N=C(N)c1ccccc1.O=C(O)O. The lowest BCUT2D eigenvalue weighted by Crippen LogP contribution is -2.10. The first-order chi connectivity index (χ1) is 6.04. The van der Waals surface area contributed by atoms with Crippen LogP contribution in [-0.4, -0.2) is 22.2 Å². The van der Waals surface area contributed by atoms with Crippen LogP contribution >= 0.6 is 0 Å². The fourth-order valence-corrected chi connectivity index (χ4v) is 0.618. The van der Waals surface area contributed by atoms with Crippen LogP contribution in [0.4, 0.5) is 4.79 Å². The number of nitrogen functional groups attached to an aromatic ring is 1. The molecule has 0 aliphatic heterocycles. The van der Waals surface area contributed by atoms with Gasteiger partial charge in [0.15, 0.2) is 0 Å². The van der Waals surface area contributed by atoms with Crippen LogP contribution < -0.4 is 5.73 Å². The molecule has 0 amide bonds. The number of amidine groups is 1. The molecule has 70 valence electrons. The molecule has 0 saturated heterocycles. The number of nitrogens with two attached hydrogens (primary N) is 1. The highest BCUT2D eigenvalue weighted by Crippen LogP contribution is 1.94. The van der Waals surface area contributed by atoms with Crippen molar-refractivity contribution in [3.8, 4) is 0 Å². The van der Waals surface area contributed by atoms with E-state index in [4.69, 9.17) is 26.2 Å². The Kier molecular flexibility index (Phi) is 4.71. The predicted octanol–water partition coefficient (Wildman–Crippen LogP) is 1.19. The van der Waals surface area contributed by atoms with Crippen molar-refractivity contribution in [1.29, 1.82) is 5.41 Å². The molecule has 5 N–H and O–H groups in total. The zero-order valence-corrected chi connectivity index (χ0v) is 6.77. The number of hydrogen-bond acceptors (Lipinski definition) is 2. The van der Waals surface area contributed by atoms with Crippen molar-refractivity contribution in [2.24, 2.45) is 5.73 Å². The molecule has 0 aromatic heterocycles. The van der Waals surface area contributed by atoms with E-state index in [1.165, 1.54) is 0 Å². The number of hydrogen-bond donors (Lipinski definition) is 4. The summed E-state index contributed by atoms with van der Waals surface area (Å²) in [6, 6.07) is 9.23. The van der Waals surface area contributed by atoms with Gasteiger partial charge in [-0.15, -0.1) is 0 Å². The number of benzene rings is 1. The lowest BCUT2D eigenvalue weighted by molar-refractivity contribution is 0.137. The Labute approximate surface area is 74.9 Å². The second-order valence-corrected chi connectivity index (χ2v) is 2.06. The summed E-state index contributed by atoms with van der Waals surface area (Å²) < 4.78 is 0. The van der Waals surface area contributed by atoms with E-state index in [1.54, 1.807) is 0 Å². The van der Waals surface area contributed by atoms with Gasteiger partial charge in [0.05, 0.1) is 0 Å². The minimum atomic E-state index is -1.83. The molecule has 0 aliphatic carbocycles. The maximum atomic E-state index is 8.56. The molecule has 13 heavy (non-hydrogen) atoms. The van der Waals surface area contributed by atoms with Crippen LogP contribution in [0.25, 0.3) is 0 Å². The lowest BCUT2D eigenvalue weighted by Gasteiger charge is -1.93. The summed E-state index contributed by atoms with van der Waals surface area (Å²) in [5.74, 6) is 0.121. The predicted molar refractivity (Wildman–Crippen MR) is 48.1 cm³/mol. The first-order valence-corrected chi connectivity index (χ1v) is 3.35. The van der Waals surface area contributed by atoms with Crippen molar-refractivity contribution in [2.75, 3.05) is 0 Å². The van der Waals surface area contributed by atoms with E-state index in [2.05, 4.69) is 0 Å². The number of carboxylic acid groups (broad SMARTS) is 2. The van der Waals surface area contributed by atoms with Gasteiger partial charge in [0.2, 0.25) is 0 Å². The zero-order chi connectivity index (χ0) is 10.3. The summed E-state index contributed by atoms with van der Waals surface area (Å²) >= 11 is 0. The lowest BCUT2D eigenvalue weighted by atomic mass is 10.2. The molecule has 0 spiro atoms. The molecular weight excluding hydrogens is 172 g/mol. The third kappa shape index (κ3) is 6.36. The van der Waals surface area contributed by atoms with Gasteiger partial charge < -0.3 is 15.9 Å². The summed E-state index contributed by atoms with van der Waals surface area (Å²) in [4.78, 5) is 8.56. The molecule has 0 radical (unpaired) electrons. The Bertz CT molecular complexity index is 281. The second kappa shape index (κ2) is 5.59. The van der Waals surface area contributed by atoms with Crippen LogP contribution in [0.2, 0.25) is 0 Å². The summed E-state index contributed by atoms with van der Waals surface area (Å²) in [6.07, 6.45) is -1.83. The van der Waals surface area contributed by atoms with Gasteiger partial charge >= 0.3 is 6.16 Å². The van der Waals surface area contributed by atoms with Gasteiger partial charge in [-0.2, -0.15) is 0 Å². The Balaban J connectivity index is 0.000000310. The van der Waals surface area contributed by atoms with E-state index < -0.39 is 6.16 Å². The molecule has 0 fully saturated rings. The molecule has 1 aromatic rings. The van der Waals surface area contributed by atoms with Gasteiger partial charge in [0, 0.05) is 5.56 Å². The Morgan fingerprint density at radius 1 is 1.23 bits per heavy atom. The van der Waals surface area contributed by atoms with Gasteiger partial charge in [-0.3, -0.25) is 5.41 Å². The standard InChI is InChI=1S/C7H8N2.CH2O3/c8-7(9)6-4-2-1-3-5-6;2-1(3)4/h1-5H,(H3,8,9);(H2,2,3,4). The Morgan fingerprint density at radius 3 is 1.85 bits per heavy atom. The summed E-state index contributed by atoms with van der Waals surface area (Å²) in [5, 5.41) is 21.0. The van der Waals surface area contributed by atoms with Crippen LogP contribution in [-0.2, 0) is 0 Å². The Hall–Kier alpha value is -2.04. The van der Waals surface area contributed by atoms with E-state index in [-0.39, 0.29) is 5.84 Å². The number of nitrogens with one attached hydrogen (secondary N) is 1. The minimum Gasteiger partial charge on any atom is -0.450 e. The summed E-state index contributed by atoms with van der Waals surface area (Å²) in [5.41, 5.74) is 5.97. The highest BCUT2D eigenvalue weighted by atomic mass is 16.6. The molecule has 0 saturated carbocycles.